The first-order valence-corrected chi connectivity index (χ1v) is 7.18. The van der Waals surface area contributed by atoms with Crippen LogP contribution < -0.4 is 5.73 Å². The van der Waals surface area contributed by atoms with Crippen LogP contribution in [0.4, 0.5) is 0 Å². The van der Waals surface area contributed by atoms with Gasteiger partial charge in [0.15, 0.2) is 0 Å². The van der Waals surface area contributed by atoms with Gasteiger partial charge in [0.1, 0.15) is 0 Å². The van der Waals surface area contributed by atoms with E-state index in [0.717, 1.165) is 45.3 Å². The van der Waals surface area contributed by atoms with Gasteiger partial charge in [0.05, 0.1) is 10.4 Å². The Hall–Kier alpha value is -0.680. The van der Waals surface area contributed by atoms with E-state index in [9.17, 15) is 4.79 Å². The number of nitrogens with two attached hydrogens (primary N) is 1. The summed E-state index contributed by atoms with van der Waals surface area (Å²) in [6, 6.07) is 0.247. The van der Waals surface area contributed by atoms with Crippen LogP contribution >= 0.6 is 12.2 Å². The zero-order chi connectivity index (χ0) is 13.3. The highest BCUT2D eigenvalue weighted by molar-refractivity contribution is 7.80. The zero-order valence-corrected chi connectivity index (χ0v) is 12.1. The fourth-order valence-electron chi connectivity index (χ4n) is 3.04. The quantitative estimate of drug-likeness (QED) is 0.760. The van der Waals surface area contributed by atoms with Crippen molar-refractivity contribution in [3.8, 4) is 0 Å². The third kappa shape index (κ3) is 2.26. The zero-order valence-electron chi connectivity index (χ0n) is 11.3. The number of rotatable bonds is 2. The normalized spacial score (nSPS) is 28.3. The van der Waals surface area contributed by atoms with Crippen LogP contribution in [0.25, 0.3) is 0 Å². The molecule has 0 radical (unpaired) electrons. The van der Waals surface area contributed by atoms with Crippen molar-refractivity contribution < 1.29 is 4.79 Å². The molecule has 1 heterocycles. The van der Waals surface area contributed by atoms with Crippen molar-refractivity contribution in [1.82, 2.24) is 9.80 Å². The number of likely N-dealkylation sites (N-methyl/N-ethyl adjacent to an activating group) is 1. The molecule has 2 fully saturated rings. The second kappa shape index (κ2) is 5.13. The third-order valence-corrected chi connectivity index (χ3v) is 4.79. The topological polar surface area (TPSA) is 49.6 Å². The summed E-state index contributed by atoms with van der Waals surface area (Å²) in [5.74, 6) is 0.170. The minimum absolute atomic E-state index is 0.170. The van der Waals surface area contributed by atoms with Gasteiger partial charge >= 0.3 is 0 Å². The van der Waals surface area contributed by atoms with Crippen molar-refractivity contribution in [2.75, 3.05) is 26.7 Å². The largest absolute Gasteiger partial charge is 0.392 e. The number of hydrogen-bond donors (Lipinski definition) is 1. The highest BCUT2D eigenvalue weighted by Gasteiger charge is 2.49. The molecule has 0 aromatic carbocycles. The lowest BCUT2D eigenvalue weighted by Crippen LogP contribution is -2.57. The SMILES string of the molecule is CC1CN(C)CCCN1C(=O)C1(C(N)=S)CCC1. The molecule has 5 heteroatoms. The fourth-order valence-corrected chi connectivity index (χ4v) is 3.34. The van der Waals surface area contributed by atoms with Gasteiger partial charge in [0, 0.05) is 19.1 Å². The molecule has 18 heavy (non-hydrogen) atoms. The van der Waals surface area contributed by atoms with E-state index in [1.807, 2.05) is 4.90 Å². The highest BCUT2D eigenvalue weighted by atomic mass is 32.1. The molecule has 1 saturated carbocycles. The predicted molar refractivity (Wildman–Crippen MR) is 76.4 cm³/mol. The molecule has 0 bridgehead atoms. The molecule has 4 nitrogen and oxygen atoms in total. The molecule has 1 aliphatic carbocycles. The summed E-state index contributed by atoms with van der Waals surface area (Å²) in [7, 11) is 2.11. The van der Waals surface area contributed by atoms with E-state index >= 15 is 0 Å². The maximum absolute atomic E-state index is 12.8. The van der Waals surface area contributed by atoms with Crippen LogP contribution in [0.2, 0.25) is 0 Å². The van der Waals surface area contributed by atoms with Gasteiger partial charge in [-0.15, -0.1) is 0 Å². The fraction of sp³-hybridized carbons (Fsp3) is 0.846. The van der Waals surface area contributed by atoms with Gasteiger partial charge in [-0.05, 0) is 39.8 Å². The Balaban J connectivity index is 2.14. The Morgan fingerprint density at radius 3 is 2.50 bits per heavy atom. The van der Waals surface area contributed by atoms with Crippen molar-refractivity contribution in [2.24, 2.45) is 11.1 Å². The maximum atomic E-state index is 12.8. The molecule has 1 aliphatic heterocycles. The van der Waals surface area contributed by atoms with Crippen molar-refractivity contribution in [3.05, 3.63) is 0 Å². The minimum Gasteiger partial charge on any atom is -0.392 e. The highest BCUT2D eigenvalue weighted by Crippen LogP contribution is 2.43. The third-order valence-electron chi connectivity index (χ3n) is 4.40. The lowest BCUT2D eigenvalue weighted by Gasteiger charge is -2.44. The van der Waals surface area contributed by atoms with Gasteiger partial charge in [0.25, 0.3) is 0 Å². The summed E-state index contributed by atoms with van der Waals surface area (Å²) >= 11 is 5.14. The van der Waals surface area contributed by atoms with Crippen LogP contribution in [0, 0.1) is 5.41 Å². The summed E-state index contributed by atoms with van der Waals surface area (Å²) in [4.78, 5) is 17.4. The van der Waals surface area contributed by atoms with Gasteiger partial charge in [-0.25, -0.2) is 0 Å². The lowest BCUT2D eigenvalue weighted by molar-refractivity contribution is -0.143. The molecule has 2 N–H and O–H groups in total. The Morgan fingerprint density at radius 2 is 2.00 bits per heavy atom. The minimum atomic E-state index is -0.521. The Morgan fingerprint density at radius 1 is 1.33 bits per heavy atom. The van der Waals surface area contributed by atoms with Crippen LogP contribution in [-0.4, -0.2) is 53.4 Å². The number of carbonyl (C=O) groups excluding carboxylic acids is 1. The van der Waals surface area contributed by atoms with E-state index in [4.69, 9.17) is 18.0 Å². The molecule has 1 saturated heterocycles. The van der Waals surface area contributed by atoms with E-state index in [0.29, 0.717) is 4.99 Å². The van der Waals surface area contributed by atoms with E-state index in [1.165, 1.54) is 0 Å². The van der Waals surface area contributed by atoms with Gasteiger partial charge in [-0.2, -0.15) is 0 Å². The summed E-state index contributed by atoms with van der Waals surface area (Å²) in [6.07, 6.45) is 3.76. The van der Waals surface area contributed by atoms with E-state index in [1.54, 1.807) is 0 Å². The van der Waals surface area contributed by atoms with E-state index < -0.39 is 5.41 Å². The number of carbonyl (C=O) groups is 1. The molecule has 1 atom stereocenters. The van der Waals surface area contributed by atoms with Crippen molar-refractivity contribution in [2.45, 2.75) is 38.6 Å². The van der Waals surface area contributed by atoms with Crippen LogP contribution in [0.5, 0.6) is 0 Å². The van der Waals surface area contributed by atoms with Gasteiger partial charge in [-0.1, -0.05) is 18.6 Å². The van der Waals surface area contributed by atoms with E-state index in [-0.39, 0.29) is 11.9 Å². The first-order valence-electron chi connectivity index (χ1n) is 6.77. The standard InChI is InChI=1S/C13H23N3OS/c1-10-9-15(2)7-4-8-16(10)12(17)13(11(14)18)5-3-6-13/h10H,3-9H2,1-2H3,(H2,14,18). The average Bonchev–Trinajstić information content (AvgIpc) is 2.36. The monoisotopic (exact) mass is 269 g/mol. The Labute approximate surface area is 114 Å². The molecule has 2 aliphatic rings. The Bertz CT molecular complexity index is 354. The molecule has 0 spiro atoms. The first kappa shape index (κ1) is 13.7. The van der Waals surface area contributed by atoms with Gasteiger partial charge in [0.2, 0.25) is 5.91 Å². The van der Waals surface area contributed by atoms with Crippen LogP contribution in [0.1, 0.15) is 32.6 Å². The van der Waals surface area contributed by atoms with Gasteiger partial charge in [-0.3, -0.25) is 4.79 Å². The Kier molecular flexibility index (Phi) is 3.92. The second-order valence-corrected chi connectivity index (χ2v) is 6.20. The van der Waals surface area contributed by atoms with Crippen molar-refractivity contribution in [1.29, 1.82) is 0 Å². The average molecular weight is 269 g/mol. The van der Waals surface area contributed by atoms with Crippen LogP contribution in [0.3, 0.4) is 0 Å². The molecule has 1 unspecified atom stereocenters. The lowest BCUT2D eigenvalue weighted by atomic mass is 9.67. The molecule has 1 amide bonds. The number of amides is 1. The summed E-state index contributed by atoms with van der Waals surface area (Å²) in [6.45, 7) is 4.92. The number of nitrogens with zero attached hydrogens (tertiary/aromatic N) is 2. The summed E-state index contributed by atoms with van der Waals surface area (Å²) in [5.41, 5.74) is 5.30. The molecular formula is C13H23N3OS. The van der Waals surface area contributed by atoms with Crippen LogP contribution in [0.15, 0.2) is 0 Å². The smallest absolute Gasteiger partial charge is 0.235 e. The van der Waals surface area contributed by atoms with Crippen molar-refractivity contribution in [3.63, 3.8) is 0 Å². The van der Waals surface area contributed by atoms with E-state index in [2.05, 4.69) is 18.9 Å². The molecule has 102 valence electrons. The number of hydrogen-bond acceptors (Lipinski definition) is 3. The molecule has 0 aromatic heterocycles. The second-order valence-electron chi connectivity index (χ2n) is 5.76. The predicted octanol–water partition coefficient (Wildman–Crippen LogP) is 0.995. The molecule has 2 rings (SSSR count). The summed E-state index contributed by atoms with van der Waals surface area (Å²) < 4.78 is 0. The number of thiocarbonyl (C=S) groups is 1. The van der Waals surface area contributed by atoms with Crippen LogP contribution in [-0.2, 0) is 4.79 Å². The molecule has 0 aromatic rings. The molecular weight excluding hydrogens is 246 g/mol. The van der Waals surface area contributed by atoms with Gasteiger partial charge < -0.3 is 15.5 Å². The van der Waals surface area contributed by atoms with Crippen molar-refractivity contribution >= 4 is 23.1 Å². The maximum Gasteiger partial charge on any atom is 0.235 e. The first-order chi connectivity index (χ1) is 8.47. The summed E-state index contributed by atoms with van der Waals surface area (Å²) in [5, 5.41) is 0.